The average Bonchev–Trinajstić information content (AvgIpc) is 3.15. The quantitative estimate of drug-likeness (QED) is 0.690. The number of nitrogens with one attached hydrogen (secondary N) is 1. The fraction of sp³-hybridized carbons (Fsp3) is 0.615. The van der Waals surface area contributed by atoms with E-state index >= 15 is 0 Å². The summed E-state index contributed by atoms with van der Waals surface area (Å²) in [5.74, 6) is 1.81. The zero-order valence-electron chi connectivity index (χ0n) is 11.7. The summed E-state index contributed by atoms with van der Waals surface area (Å²) in [6, 6.07) is 0.341. The second-order valence-electron chi connectivity index (χ2n) is 5.78. The predicted octanol–water partition coefficient (Wildman–Crippen LogP) is 1.74. The summed E-state index contributed by atoms with van der Waals surface area (Å²) in [5, 5.41) is 16.8. The van der Waals surface area contributed by atoms with Gasteiger partial charge in [0.1, 0.15) is 6.20 Å². The predicted molar refractivity (Wildman–Crippen MR) is 81.0 cm³/mol. The van der Waals surface area contributed by atoms with E-state index in [1.54, 1.807) is 10.6 Å². The zero-order chi connectivity index (χ0) is 14.6. The SMILES string of the molecule is CCC1C2CNCC2CN1c1nc2sccn2c1[N+](=O)[O-]. The molecular weight excluding hydrogens is 290 g/mol. The van der Waals surface area contributed by atoms with Crippen molar-refractivity contribution in [2.24, 2.45) is 11.8 Å². The van der Waals surface area contributed by atoms with Gasteiger partial charge in [-0.15, -0.1) is 0 Å². The average molecular weight is 307 g/mol. The van der Waals surface area contributed by atoms with E-state index in [-0.39, 0.29) is 10.7 Å². The van der Waals surface area contributed by atoms with Crippen LogP contribution in [-0.4, -0.2) is 40.0 Å². The van der Waals surface area contributed by atoms with Gasteiger partial charge in [0.15, 0.2) is 0 Å². The molecule has 112 valence electrons. The Balaban J connectivity index is 1.81. The van der Waals surface area contributed by atoms with Gasteiger partial charge in [-0.05, 0) is 23.2 Å². The van der Waals surface area contributed by atoms with Crippen molar-refractivity contribution in [3.63, 3.8) is 0 Å². The molecule has 0 bridgehead atoms. The van der Waals surface area contributed by atoms with E-state index in [1.807, 2.05) is 5.38 Å². The molecule has 0 aromatic carbocycles. The molecule has 0 aliphatic carbocycles. The summed E-state index contributed by atoms with van der Waals surface area (Å²) < 4.78 is 1.60. The summed E-state index contributed by atoms with van der Waals surface area (Å²) in [5.41, 5.74) is 0. The van der Waals surface area contributed by atoms with Crippen molar-refractivity contribution in [3.05, 3.63) is 21.7 Å². The lowest BCUT2D eigenvalue weighted by Gasteiger charge is -2.26. The Bertz CT molecular complexity index is 696. The summed E-state index contributed by atoms with van der Waals surface area (Å²) in [6.07, 6.45) is 2.72. The molecule has 1 N–H and O–H groups in total. The molecule has 2 aliphatic heterocycles. The molecule has 4 heterocycles. The maximum absolute atomic E-state index is 11.5. The first-order valence-corrected chi connectivity index (χ1v) is 8.16. The molecule has 3 atom stereocenters. The summed E-state index contributed by atoms with van der Waals surface area (Å²) >= 11 is 1.44. The van der Waals surface area contributed by atoms with Crippen LogP contribution >= 0.6 is 11.3 Å². The molecule has 0 saturated carbocycles. The van der Waals surface area contributed by atoms with E-state index < -0.39 is 0 Å². The van der Waals surface area contributed by atoms with Gasteiger partial charge < -0.3 is 20.3 Å². The zero-order valence-corrected chi connectivity index (χ0v) is 12.5. The third-order valence-electron chi connectivity index (χ3n) is 4.80. The molecule has 2 fully saturated rings. The molecule has 0 spiro atoms. The van der Waals surface area contributed by atoms with Gasteiger partial charge in [0.25, 0.3) is 4.96 Å². The highest BCUT2D eigenvalue weighted by atomic mass is 32.1. The van der Waals surface area contributed by atoms with Crippen molar-refractivity contribution >= 4 is 27.9 Å². The van der Waals surface area contributed by atoms with Gasteiger partial charge in [0.05, 0.1) is 0 Å². The van der Waals surface area contributed by atoms with Crippen molar-refractivity contribution in [2.75, 3.05) is 24.5 Å². The van der Waals surface area contributed by atoms with Gasteiger partial charge in [0, 0.05) is 31.1 Å². The number of aromatic nitrogens is 2. The van der Waals surface area contributed by atoms with Gasteiger partial charge >= 0.3 is 5.82 Å². The fourth-order valence-corrected chi connectivity index (χ4v) is 4.62. The van der Waals surface area contributed by atoms with E-state index in [1.165, 1.54) is 11.3 Å². The lowest BCUT2D eigenvalue weighted by molar-refractivity contribution is -0.389. The standard InChI is InChI=1S/C13H17N5O2S/c1-2-10-9-6-14-5-8(9)7-17(10)11-12(18(19)20)16-3-4-21-13(16)15-11/h3-4,8-10,14H,2,5-7H2,1H3. The first-order valence-electron chi connectivity index (χ1n) is 7.28. The van der Waals surface area contributed by atoms with Crippen molar-refractivity contribution in [1.82, 2.24) is 14.7 Å². The molecular formula is C13H17N5O2S. The van der Waals surface area contributed by atoms with Gasteiger partial charge in [-0.2, -0.15) is 9.38 Å². The number of thiazole rings is 1. The molecule has 0 radical (unpaired) electrons. The van der Waals surface area contributed by atoms with Crippen LogP contribution in [0.3, 0.4) is 0 Å². The molecule has 21 heavy (non-hydrogen) atoms. The Labute approximate surface area is 125 Å². The monoisotopic (exact) mass is 307 g/mol. The van der Waals surface area contributed by atoms with Crippen LogP contribution < -0.4 is 10.2 Å². The van der Waals surface area contributed by atoms with Crippen molar-refractivity contribution in [3.8, 4) is 0 Å². The minimum absolute atomic E-state index is 0.109. The van der Waals surface area contributed by atoms with E-state index in [4.69, 9.17) is 0 Å². The number of anilines is 1. The third kappa shape index (κ3) is 1.78. The lowest BCUT2D eigenvalue weighted by Crippen LogP contribution is -2.35. The van der Waals surface area contributed by atoms with Crippen molar-refractivity contribution < 1.29 is 4.92 Å². The second-order valence-corrected chi connectivity index (χ2v) is 6.65. The second kappa shape index (κ2) is 4.67. The Morgan fingerprint density at radius 3 is 3.19 bits per heavy atom. The van der Waals surface area contributed by atoms with Gasteiger partial charge in [0.2, 0.25) is 5.82 Å². The van der Waals surface area contributed by atoms with Crippen molar-refractivity contribution in [2.45, 2.75) is 19.4 Å². The molecule has 7 nitrogen and oxygen atoms in total. The number of hydrogen-bond donors (Lipinski definition) is 1. The fourth-order valence-electron chi connectivity index (χ4n) is 3.91. The summed E-state index contributed by atoms with van der Waals surface area (Å²) in [6.45, 7) is 5.04. The van der Waals surface area contributed by atoms with Gasteiger partial charge in [-0.3, -0.25) is 0 Å². The molecule has 2 aliphatic rings. The molecule has 0 amide bonds. The number of imidazole rings is 1. The number of nitro groups is 1. The highest BCUT2D eigenvalue weighted by Gasteiger charge is 2.46. The number of fused-ring (bicyclic) bond motifs is 2. The Hall–Kier alpha value is -1.67. The van der Waals surface area contributed by atoms with Crippen LogP contribution in [0.2, 0.25) is 0 Å². The number of rotatable bonds is 3. The molecule has 8 heteroatoms. The van der Waals surface area contributed by atoms with Gasteiger partial charge in [-0.1, -0.05) is 18.3 Å². The van der Waals surface area contributed by atoms with E-state index in [0.29, 0.717) is 28.7 Å². The lowest BCUT2D eigenvalue weighted by atomic mass is 9.93. The molecule has 4 rings (SSSR count). The van der Waals surface area contributed by atoms with Crippen LogP contribution in [0, 0.1) is 22.0 Å². The first-order chi connectivity index (χ1) is 10.2. The van der Waals surface area contributed by atoms with Crippen LogP contribution in [0.15, 0.2) is 11.6 Å². The van der Waals surface area contributed by atoms with Crippen LogP contribution in [0.4, 0.5) is 11.6 Å². The van der Waals surface area contributed by atoms with E-state index in [2.05, 4.69) is 22.1 Å². The van der Waals surface area contributed by atoms with E-state index in [9.17, 15) is 10.1 Å². The number of nitrogens with zero attached hydrogens (tertiary/aromatic N) is 4. The van der Waals surface area contributed by atoms with E-state index in [0.717, 1.165) is 26.1 Å². The first kappa shape index (κ1) is 13.0. The molecule has 2 saturated heterocycles. The summed E-state index contributed by atoms with van der Waals surface area (Å²) in [4.78, 5) is 18.6. The van der Waals surface area contributed by atoms with Crippen molar-refractivity contribution in [1.29, 1.82) is 0 Å². The Morgan fingerprint density at radius 2 is 2.43 bits per heavy atom. The molecule has 2 aromatic heterocycles. The maximum atomic E-state index is 11.5. The highest BCUT2D eigenvalue weighted by molar-refractivity contribution is 7.15. The highest BCUT2D eigenvalue weighted by Crippen LogP contribution is 2.41. The minimum atomic E-state index is -0.304. The number of hydrogen-bond acceptors (Lipinski definition) is 6. The van der Waals surface area contributed by atoms with Crippen LogP contribution in [0.1, 0.15) is 13.3 Å². The largest absolute Gasteiger partial charge is 0.373 e. The Kier molecular flexibility index (Phi) is 2.90. The topological polar surface area (TPSA) is 75.7 Å². The Morgan fingerprint density at radius 1 is 1.57 bits per heavy atom. The maximum Gasteiger partial charge on any atom is 0.373 e. The van der Waals surface area contributed by atoms with Gasteiger partial charge in [-0.25, -0.2) is 0 Å². The third-order valence-corrected chi connectivity index (χ3v) is 5.56. The smallest absolute Gasteiger partial charge is 0.358 e. The molecule has 2 aromatic rings. The molecule has 3 unspecified atom stereocenters. The normalized spacial score (nSPS) is 28.4. The van der Waals surface area contributed by atoms with Crippen LogP contribution in [0.5, 0.6) is 0 Å². The van der Waals surface area contributed by atoms with Crippen LogP contribution in [-0.2, 0) is 0 Å². The minimum Gasteiger partial charge on any atom is -0.358 e. The van der Waals surface area contributed by atoms with Crippen LogP contribution in [0.25, 0.3) is 4.96 Å². The summed E-state index contributed by atoms with van der Waals surface area (Å²) in [7, 11) is 0.